The number of nitrogens with two attached hydrogens (primary N) is 1. The Hall–Kier alpha value is -2.44. The number of aromatic nitrogens is 4. The van der Waals surface area contributed by atoms with Crippen LogP contribution in [-0.2, 0) is 16.6 Å². The summed E-state index contributed by atoms with van der Waals surface area (Å²) in [5.41, 5.74) is 11.1. The van der Waals surface area contributed by atoms with Crippen molar-refractivity contribution in [3.05, 3.63) is 41.2 Å². The van der Waals surface area contributed by atoms with Gasteiger partial charge in [-0.2, -0.15) is 21.9 Å². The van der Waals surface area contributed by atoms with Crippen molar-refractivity contribution in [2.75, 3.05) is 55.8 Å². The highest BCUT2D eigenvalue weighted by atomic mass is 127. The monoisotopic (exact) mass is 1180 g/mol. The molecule has 0 aliphatic rings. The van der Waals surface area contributed by atoms with Gasteiger partial charge in [0.15, 0.2) is 17.4 Å². The predicted molar refractivity (Wildman–Crippen MR) is 309 cm³/mol. The minimum absolute atomic E-state index is 0.0349. The maximum absolute atomic E-state index is 7.25. The molecule has 4 aromatic heterocycles. The molecule has 4 heterocycles. The minimum atomic E-state index is -0.139. The molecule has 4 aromatic rings. The molecule has 4 rings (SSSR count). The molecule has 0 radical (unpaired) electrons. The van der Waals surface area contributed by atoms with E-state index >= 15 is 0 Å². The summed E-state index contributed by atoms with van der Waals surface area (Å²) >= 11 is 8.25. The molecule has 0 saturated heterocycles. The topological polar surface area (TPSA) is 158 Å². The summed E-state index contributed by atoms with van der Waals surface area (Å²) in [5, 5.41) is 23.7. The van der Waals surface area contributed by atoms with Crippen molar-refractivity contribution in [3.63, 3.8) is 0 Å². The first-order valence-electron chi connectivity index (χ1n) is 27.3. The van der Waals surface area contributed by atoms with Crippen LogP contribution in [-0.4, -0.2) is 55.1 Å². The van der Waals surface area contributed by atoms with Crippen LogP contribution in [0.2, 0.25) is 0 Å². The van der Waals surface area contributed by atoms with E-state index in [1.807, 2.05) is 23.9 Å². The lowest BCUT2D eigenvalue weighted by atomic mass is 9.59. The van der Waals surface area contributed by atoms with E-state index in [-0.39, 0.29) is 28.6 Å². The molecule has 3 N–H and O–H groups in total. The second-order valence-corrected chi connectivity index (χ2v) is 24.3. The summed E-state index contributed by atoms with van der Waals surface area (Å²) in [6.45, 7) is 33.1. The fourth-order valence-corrected chi connectivity index (χ4v) is 12.9. The van der Waals surface area contributed by atoms with Gasteiger partial charge < -0.3 is 28.6 Å². The van der Waals surface area contributed by atoms with Crippen LogP contribution >= 0.6 is 50.3 Å². The smallest absolute Gasteiger partial charge is 0.222 e. The third-order valence-corrected chi connectivity index (χ3v) is 18.9. The Morgan fingerprint density at radius 2 is 1.45 bits per heavy atom. The molecule has 0 aromatic carbocycles. The van der Waals surface area contributed by atoms with Crippen molar-refractivity contribution < 1.29 is 22.8 Å². The molecule has 0 spiro atoms. The molecule has 0 aliphatic carbocycles. The van der Waals surface area contributed by atoms with Crippen LogP contribution in [0.15, 0.2) is 36.3 Å². The first-order valence-corrected chi connectivity index (χ1v) is 31.1. The van der Waals surface area contributed by atoms with Gasteiger partial charge in [-0.05, 0) is 102 Å². The Bertz CT molecular complexity index is 2070. The second-order valence-electron chi connectivity index (χ2n) is 21.3. The number of hydrogen-bond acceptors (Lipinski definition) is 14. The van der Waals surface area contributed by atoms with Gasteiger partial charge in [-0.25, -0.2) is 0 Å². The third-order valence-electron chi connectivity index (χ3n) is 15.9. The number of thioether (sulfide) groups is 1. The summed E-state index contributed by atoms with van der Waals surface area (Å²) < 4.78 is 32.6. The Morgan fingerprint density at radius 1 is 0.775 bits per heavy atom. The molecule has 13 nitrogen and oxygen atoms in total. The molecule has 0 fully saturated rings. The van der Waals surface area contributed by atoms with Gasteiger partial charge in [-0.3, -0.25) is 5.43 Å². The highest BCUT2D eigenvalue weighted by molar-refractivity contribution is 14.1. The number of halogens is 2. The van der Waals surface area contributed by atoms with E-state index in [1.54, 1.807) is 10.1 Å². The maximum atomic E-state index is 7.25. The average molecular weight is 1190 g/mol. The van der Waals surface area contributed by atoms with Crippen molar-refractivity contribution in [1.82, 2.24) is 20.6 Å². The molecule has 0 aliphatic heterocycles. The average Bonchev–Trinajstić information content (AvgIpc) is 4.21. The number of unbranched alkanes of at least 4 members (excludes halogenated alkanes) is 2. The van der Waals surface area contributed by atoms with Gasteiger partial charge in [0.2, 0.25) is 11.6 Å². The van der Waals surface area contributed by atoms with Crippen LogP contribution in [0.1, 0.15) is 209 Å². The second kappa shape index (κ2) is 30.2. The number of alkyl halides is 2. The van der Waals surface area contributed by atoms with Crippen molar-refractivity contribution in [1.29, 1.82) is 0 Å². The number of hydrogen-bond donors (Lipinski definition) is 2. The zero-order valence-electron chi connectivity index (χ0n) is 46.3. The SMILES string of the molecule is CCCC(CCC)(CCCCCI)c1cc(NN(c2cc(C(C)C(C)CSCC)on2)N(c2cc(C(C)C(CC)(CC)C(CC)C(C)CBr)on2)c2noc(CC(C)C(C)CCOCC(C)C)c2N)no1. The number of rotatable bonds is 37. The van der Waals surface area contributed by atoms with Gasteiger partial charge in [-0.15, -0.1) is 0 Å². The summed E-state index contributed by atoms with van der Waals surface area (Å²) in [4.78, 5) is 0. The van der Waals surface area contributed by atoms with Crippen molar-refractivity contribution in [3.8, 4) is 0 Å². The van der Waals surface area contributed by atoms with Gasteiger partial charge >= 0.3 is 0 Å². The van der Waals surface area contributed by atoms with E-state index in [0.29, 0.717) is 77.3 Å². The van der Waals surface area contributed by atoms with Crippen LogP contribution < -0.4 is 21.3 Å². The van der Waals surface area contributed by atoms with Gasteiger partial charge in [0.25, 0.3) is 0 Å². The Labute approximate surface area is 455 Å². The molecule has 7 unspecified atom stereocenters. The first kappa shape index (κ1) is 61.1. The molecule has 0 bridgehead atoms. The predicted octanol–water partition coefficient (Wildman–Crippen LogP) is 17.0. The number of nitrogens with one attached hydrogen (secondary N) is 1. The molecule has 7 atom stereocenters. The van der Waals surface area contributed by atoms with Crippen molar-refractivity contribution in [2.24, 2.45) is 40.9 Å². The standard InChI is InChI=1S/C55H94BrIN8O5S/c1-15-25-54(26-16-2,27-22-21-23-28-57)48-33-49(60-70-48)59-65(51-31-45(67-62-51)42(13)41(12)36-71-20-6)64(53-52(58)47(69-63-53)30-39(10)38(9)24-29-66-35-37(7)8)50-32-46(68-61-50)43(14)55(18-4,19-5)44(17-3)40(11)34-56/h31-33,37-44H,15-30,34-36,58H2,1-14H3,(H,59,60). The van der Waals surface area contributed by atoms with Crippen LogP contribution in [0.5, 0.6) is 0 Å². The summed E-state index contributed by atoms with van der Waals surface area (Å²) in [6, 6.07) is 6.09. The highest BCUT2D eigenvalue weighted by Gasteiger charge is 2.45. The number of nitrogens with zero attached hydrogens (tertiary/aromatic N) is 6. The fraction of sp³-hybridized carbons (Fsp3) is 0.782. The van der Waals surface area contributed by atoms with E-state index < -0.39 is 0 Å². The normalized spacial score (nSPS) is 15.5. The highest BCUT2D eigenvalue weighted by Crippen LogP contribution is 2.53. The van der Waals surface area contributed by atoms with Crippen LogP contribution in [0.3, 0.4) is 0 Å². The molecule has 16 heteroatoms. The number of ether oxygens (including phenoxy) is 1. The fourth-order valence-electron chi connectivity index (χ4n) is 11.0. The molecule has 0 saturated carbocycles. The van der Waals surface area contributed by atoms with Gasteiger partial charge in [-0.1, -0.05) is 188 Å². The van der Waals surface area contributed by atoms with E-state index in [4.69, 9.17) is 49.2 Å². The lowest BCUT2D eigenvalue weighted by Crippen LogP contribution is -2.45. The lowest BCUT2D eigenvalue weighted by molar-refractivity contribution is 0.0588. The maximum Gasteiger partial charge on any atom is 0.222 e. The largest absolute Gasteiger partial charge is 0.393 e. The van der Waals surface area contributed by atoms with Crippen LogP contribution in [0, 0.1) is 40.9 Å². The molecular weight excluding hydrogens is 1090 g/mol. The van der Waals surface area contributed by atoms with E-state index in [2.05, 4.69) is 147 Å². The number of nitrogen functional groups attached to an aromatic ring is 1. The van der Waals surface area contributed by atoms with Gasteiger partial charge in [0.1, 0.15) is 23.0 Å². The zero-order chi connectivity index (χ0) is 52.3. The lowest BCUT2D eigenvalue weighted by Gasteiger charge is -2.46. The molecule has 71 heavy (non-hydrogen) atoms. The van der Waals surface area contributed by atoms with Gasteiger partial charge in [0.05, 0.1) is 0 Å². The summed E-state index contributed by atoms with van der Waals surface area (Å²) in [7, 11) is 0. The van der Waals surface area contributed by atoms with E-state index in [1.165, 1.54) is 12.8 Å². The number of hydrazine groups is 2. The van der Waals surface area contributed by atoms with E-state index in [0.717, 1.165) is 109 Å². The summed E-state index contributed by atoms with van der Waals surface area (Å²) in [5.74, 6) is 9.31. The molecule has 0 amide bonds. The number of anilines is 5. The summed E-state index contributed by atoms with van der Waals surface area (Å²) in [6.07, 6.45) is 13.3. The molecule has 404 valence electrons. The van der Waals surface area contributed by atoms with Gasteiger partial charge in [0, 0.05) is 60.4 Å². The van der Waals surface area contributed by atoms with Crippen molar-refractivity contribution in [2.45, 2.75) is 198 Å². The first-order chi connectivity index (χ1) is 34.0. The zero-order valence-corrected chi connectivity index (χ0v) is 50.8. The Balaban J connectivity index is 1.94. The van der Waals surface area contributed by atoms with Crippen LogP contribution in [0.4, 0.5) is 29.0 Å². The third kappa shape index (κ3) is 15.8. The molecular formula is C55H94BrIN8O5S. The quantitative estimate of drug-likeness (QED) is 0.0190. The van der Waals surface area contributed by atoms with E-state index in [9.17, 15) is 0 Å². The van der Waals surface area contributed by atoms with Crippen LogP contribution in [0.25, 0.3) is 0 Å². The Kier molecular flexibility index (Phi) is 26.0. The minimum Gasteiger partial charge on any atom is -0.393 e. The van der Waals surface area contributed by atoms with Crippen molar-refractivity contribution >= 4 is 79.2 Å². The Morgan fingerprint density at radius 3 is 2.07 bits per heavy atom.